The zero-order valence-electron chi connectivity index (χ0n) is 13.4. The first-order valence-corrected chi connectivity index (χ1v) is 8.10. The van der Waals surface area contributed by atoms with Crippen molar-refractivity contribution >= 4 is 12.4 Å². The molecule has 5 heteroatoms. The standard InChI is InChI=1S/C18H21NO3.ClH/c1-19-8-7-18-14-6-4-12(20)16(18)11(19)9-10-3-5-13(21-2)17(22-14)15(10)18;/h3-6,11-12,14,16,20H,7-9H2,1-2H3;1H/t11-,12-,14+,16-,18-;/m1./s1. The number of piperidine rings is 1. The van der Waals surface area contributed by atoms with E-state index in [0.29, 0.717) is 6.04 Å². The van der Waals surface area contributed by atoms with Crippen LogP contribution in [0.4, 0.5) is 0 Å². The third kappa shape index (κ3) is 1.64. The Kier molecular flexibility index (Phi) is 3.25. The van der Waals surface area contributed by atoms with Crippen molar-refractivity contribution in [2.75, 3.05) is 20.7 Å². The number of likely N-dealkylation sites (N-methyl/N-ethyl adjacent to an activating group) is 1. The highest BCUT2D eigenvalue weighted by Gasteiger charge is 2.64. The molecule has 1 saturated heterocycles. The van der Waals surface area contributed by atoms with Crippen LogP contribution in [0, 0.1) is 5.92 Å². The molecule has 2 aliphatic carbocycles. The summed E-state index contributed by atoms with van der Waals surface area (Å²) in [6.45, 7) is 1.05. The minimum Gasteiger partial charge on any atom is -0.493 e. The molecule has 1 spiro atoms. The lowest BCUT2D eigenvalue weighted by Crippen LogP contribution is -2.65. The molecule has 1 aromatic carbocycles. The quantitative estimate of drug-likeness (QED) is 0.796. The van der Waals surface area contributed by atoms with E-state index >= 15 is 0 Å². The molecular formula is C18H22ClNO3. The van der Waals surface area contributed by atoms with Crippen LogP contribution in [-0.4, -0.2) is 49.0 Å². The Labute approximate surface area is 142 Å². The Morgan fingerprint density at radius 3 is 2.96 bits per heavy atom. The molecule has 0 aromatic heterocycles. The number of nitrogens with zero attached hydrogens (tertiary/aromatic N) is 1. The molecule has 2 bridgehead atoms. The second-order valence-electron chi connectivity index (χ2n) is 7.11. The minimum absolute atomic E-state index is 0. The molecule has 2 heterocycles. The van der Waals surface area contributed by atoms with E-state index in [2.05, 4.69) is 24.1 Å². The van der Waals surface area contributed by atoms with Gasteiger partial charge in [-0.1, -0.05) is 12.1 Å². The highest BCUT2D eigenvalue weighted by atomic mass is 35.5. The molecule has 0 amide bonds. The van der Waals surface area contributed by atoms with Gasteiger partial charge in [-0.3, -0.25) is 0 Å². The summed E-state index contributed by atoms with van der Waals surface area (Å²) < 4.78 is 11.9. The number of ether oxygens (including phenoxy) is 2. The van der Waals surface area contributed by atoms with Crippen LogP contribution >= 0.6 is 12.4 Å². The summed E-state index contributed by atoms with van der Waals surface area (Å²) in [7, 11) is 3.88. The number of hydrogen-bond acceptors (Lipinski definition) is 4. The number of rotatable bonds is 1. The van der Waals surface area contributed by atoms with Gasteiger partial charge in [0.05, 0.1) is 13.2 Å². The van der Waals surface area contributed by atoms with Crippen LogP contribution in [0.2, 0.25) is 0 Å². The predicted molar refractivity (Wildman–Crippen MR) is 89.7 cm³/mol. The average molecular weight is 336 g/mol. The maximum absolute atomic E-state index is 10.7. The van der Waals surface area contributed by atoms with Crippen molar-refractivity contribution in [2.45, 2.75) is 36.5 Å². The molecule has 5 atom stereocenters. The summed E-state index contributed by atoms with van der Waals surface area (Å²) in [4.78, 5) is 2.42. The Hall–Kier alpha value is -1.23. The van der Waals surface area contributed by atoms with E-state index in [9.17, 15) is 5.11 Å². The number of likely N-dealkylation sites (tertiary alicyclic amines) is 1. The molecule has 1 N–H and O–H groups in total. The fourth-order valence-electron chi connectivity index (χ4n) is 5.46. The highest BCUT2D eigenvalue weighted by molar-refractivity contribution is 5.85. The molecule has 0 radical (unpaired) electrons. The van der Waals surface area contributed by atoms with Crippen molar-refractivity contribution in [1.29, 1.82) is 0 Å². The van der Waals surface area contributed by atoms with Crippen LogP contribution in [0.15, 0.2) is 24.3 Å². The first-order valence-electron chi connectivity index (χ1n) is 8.10. The Morgan fingerprint density at radius 1 is 1.35 bits per heavy atom. The molecule has 0 saturated carbocycles. The molecule has 0 unspecified atom stereocenters. The van der Waals surface area contributed by atoms with Crippen molar-refractivity contribution in [3.63, 3.8) is 0 Å². The third-order valence-electron chi connectivity index (χ3n) is 6.38. The van der Waals surface area contributed by atoms with Gasteiger partial charge in [0.1, 0.15) is 6.10 Å². The third-order valence-corrected chi connectivity index (χ3v) is 6.38. The molecule has 4 aliphatic rings. The summed E-state index contributed by atoms with van der Waals surface area (Å²) in [6.07, 6.45) is 5.65. The first kappa shape index (κ1) is 15.3. The van der Waals surface area contributed by atoms with E-state index in [0.717, 1.165) is 30.9 Å². The topological polar surface area (TPSA) is 41.9 Å². The highest BCUT2D eigenvalue weighted by Crippen LogP contribution is 2.62. The largest absolute Gasteiger partial charge is 0.493 e. The maximum atomic E-state index is 10.7. The number of halogens is 1. The minimum atomic E-state index is -0.391. The molecule has 124 valence electrons. The normalized spacial score (nSPS) is 39.3. The van der Waals surface area contributed by atoms with Crippen molar-refractivity contribution in [3.05, 3.63) is 35.4 Å². The van der Waals surface area contributed by atoms with Crippen LogP contribution in [0.3, 0.4) is 0 Å². The van der Waals surface area contributed by atoms with Crippen molar-refractivity contribution < 1.29 is 14.6 Å². The van der Waals surface area contributed by atoms with Gasteiger partial charge in [0, 0.05) is 22.9 Å². The maximum Gasteiger partial charge on any atom is 0.166 e. The van der Waals surface area contributed by atoms with Crippen LogP contribution in [0.5, 0.6) is 11.5 Å². The monoisotopic (exact) mass is 335 g/mol. The van der Waals surface area contributed by atoms with Gasteiger partial charge >= 0.3 is 0 Å². The Bertz CT molecular complexity index is 691. The molecular weight excluding hydrogens is 314 g/mol. The Morgan fingerprint density at radius 2 is 2.17 bits per heavy atom. The number of hydrogen-bond donors (Lipinski definition) is 1. The van der Waals surface area contributed by atoms with E-state index in [1.807, 2.05) is 12.1 Å². The second kappa shape index (κ2) is 4.88. The van der Waals surface area contributed by atoms with Crippen LogP contribution in [0.25, 0.3) is 0 Å². The zero-order chi connectivity index (χ0) is 15.1. The fraction of sp³-hybridized carbons (Fsp3) is 0.556. The Balaban J connectivity index is 0.00000135. The summed E-state index contributed by atoms with van der Waals surface area (Å²) in [5.74, 6) is 1.94. The van der Waals surface area contributed by atoms with E-state index < -0.39 is 6.10 Å². The van der Waals surface area contributed by atoms with Gasteiger partial charge in [0.25, 0.3) is 0 Å². The summed E-state index contributed by atoms with van der Waals surface area (Å²) in [6, 6.07) is 4.60. The second-order valence-corrected chi connectivity index (χ2v) is 7.11. The van der Waals surface area contributed by atoms with E-state index in [-0.39, 0.29) is 29.8 Å². The molecule has 1 fully saturated rings. The van der Waals surface area contributed by atoms with Gasteiger partial charge in [0.2, 0.25) is 0 Å². The summed E-state index contributed by atoms with van der Waals surface area (Å²) in [5, 5.41) is 10.7. The van der Waals surface area contributed by atoms with E-state index in [1.165, 1.54) is 11.1 Å². The predicted octanol–water partition coefficient (Wildman–Crippen LogP) is 1.92. The smallest absolute Gasteiger partial charge is 0.166 e. The summed E-state index contributed by atoms with van der Waals surface area (Å²) >= 11 is 0. The van der Waals surface area contributed by atoms with Crippen LogP contribution in [0.1, 0.15) is 17.5 Å². The van der Waals surface area contributed by atoms with Gasteiger partial charge in [-0.05, 0) is 44.1 Å². The van der Waals surface area contributed by atoms with Crippen LogP contribution < -0.4 is 9.47 Å². The SMILES string of the molecule is COc1ccc2c3c1O[C@H]1C=C[C@@H](O)[C@H]4[C@@H](C2)N(C)CC[C@@]341.Cl. The van der Waals surface area contributed by atoms with E-state index in [4.69, 9.17) is 9.47 Å². The number of aliphatic hydroxyl groups is 1. The molecule has 23 heavy (non-hydrogen) atoms. The van der Waals surface area contributed by atoms with Gasteiger partial charge in [-0.15, -0.1) is 12.4 Å². The van der Waals surface area contributed by atoms with Crippen LogP contribution in [-0.2, 0) is 11.8 Å². The van der Waals surface area contributed by atoms with Gasteiger partial charge < -0.3 is 19.5 Å². The molecule has 5 rings (SSSR count). The molecule has 2 aliphatic heterocycles. The van der Waals surface area contributed by atoms with Crippen molar-refractivity contribution in [1.82, 2.24) is 4.90 Å². The lowest BCUT2D eigenvalue weighted by Gasteiger charge is -2.57. The van der Waals surface area contributed by atoms with Crippen molar-refractivity contribution in [3.8, 4) is 11.5 Å². The number of methoxy groups -OCH3 is 1. The van der Waals surface area contributed by atoms with E-state index in [1.54, 1.807) is 7.11 Å². The molecule has 1 aromatic rings. The lowest BCUT2D eigenvalue weighted by atomic mass is 9.52. The summed E-state index contributed by atoms with van der Waals surface area (Å²) in [5.41, 5.74) is 2.60. The zero-order valence-corrected chi connectivity index (χ0v) is 14.2. The van der Waals surface area contributed by atoms with Gasteiger partial charge in [-0.2, -0.15) is 0 Å². The van der Waals surface area contributed by atoms with Gasteiger partial charge in [-0.25, -0.2) is 0 Å². The molecule has 4 nitrogen and oxygen atoms in total. The lowest BCUT2D eigenvalue weighted by molar-refractivity contribution is -0.0575. The average Bonchev–Trinajstić information content (AvgIpc) is 2.86. The van der Waals surface area contributed by atoms with Gasteiger partial charge in [0.15, 0.2) is 11.5 Å². The first-order chi connectivity index (χ1) is 10.7. The van der Waals surface area contributed by atoms with Crippen molar-refractivity contribution in [2.24, 2.45) is 5.92 Å². The number of benzene rings is 1. The number of aliphatic hydroxyl groups excluding tert-OH is 1. The fourth-order valence-corrected chi connectivity index (χ4v) is 5.46.